The first-order valence-corrected chi connectivity index (χ1v) is 11.3. The Labute approximate surface area is 184 Å². The van der Waals surface area contributed by atoms with Crippen LogP contribution in [0.2, 0.25) is 0 Å². The Morgan fingerprint density at radius 1 is 1.13 bits per heavy atom. The van der Waals surface area contributed by atoms with Gasteiger partial charge in [-0.3, -0.25) is 15.0 Å². The Bertz CT molecular complexity index is 1090. The fourth-order valence-electron chi connectivity index (χ4n) is 3.96. The summed E-state index contributed by atoms with van der Waals surface area (Å²) < 4.78 is 0.528. The zero-order valence-electron chi connectivity index (χ0n) is 17.2. The molecule has 0 saturated carbocycles. The molecule has 1 fully saturated rings. The highest BCUT2D eigenvalue weighted by Crippen LogP contribution is 2.29. The van der Waals surface area contributed by atoms with Gasteiger partial charge in [-0.1, -0.05) is 41.7 Å². The smallest absolute Gasteiger partial charge is 0.305 e. The van der Waals surface area contributed by atoms with Crippen LogP contribution in [0.4, 0.5) is 0 Å². The van der Waals surface area contributed by atoms with Crippen molar-refractivity contribution in [3.8, 4) is 5.75 Å². The molecule has 0 radical (unpaired) electrons. The van der Waals surface area contributed by atoms with Crippen molar-refractivity contribution in [3.63, 3.8) is 0 Å². The van der Waals surface area contributed by atoms with Crippen molar-refractivity contribution < 1.29 is 15.3 Å². The van der Waals surface area contributed by atoms with E-state index in [0.29, 0.717) is 28.7 Å². The maximum atomic E-state index is 11.6. The van der Waals surface area contributed by atoms with Crippen LogP contribution in [-0.4, -0.2) is 63.8 Å². The molecule has 6 N–H and O–H groups in total. The molecule has 9 heteroatoms. The zero-order valence-corrected chi connectivity index (χ0v) is 18.0. The molecule has 3 aromatic rings. The Morgan fingerprint density at radius 2 is 1.90 bits per heavy atom. The van der Waals surface area contributed by atoms with Gasteiger partial charge in [0.05, 0.1) is 4.70 Å². The molecule has 0 spiro atoms. The van der Waals surface area contributed by atoms with Crippen molar-refractivity contribution >= 4 is 21.6 Å². The molecule has 1 saturated heterocycles. The van der Waals surface area contributed by atoms with Crippen LogP contribution in [0.5, 0.6) is 5.75 Å². The van der Waals surface area contributed by atoms with E-state index in [1.165, 1.54) is 11.6 Å². The highest BCUT2D eigenvalue weighted by atomic mass is 32.1. The van der Waals surface area contributed by atoms with E-state index in [0.717, 1.165) is 49.6 Å². The minimum Gasteiger partial charge on any atom is -0.506 e. The molecule has 0 aliphatic carbocycles. The van der Waals surface area contributed by atoms with Gasteiger partial charge in [0, 0.05) is 45.7 Å². The molecule has 0 amide bonds. The summed E-state index contributed by atoms with van der Waals surface area (Å²) in [5.41, 5.74) is 3.29. The summed E-state index contributed by atoms with van der Waals surface area (Å²) in [7, 11) is 0. The van der Waals surface area contributed by atoms with Crippen molar-refractivity contribution in [2.45, 2.75) is 25.3 Å². The van der Waals surface area contributed by atoms with Gasteiger partial charge in [0.25, 0.3) is 0 Å². The molecule has 1 aliphatic rings. The molecule has 166 valence electrons. The first-order chi connectivity index (χ1) is 14.9. The number of thiazole rings is 1. The van der Waals surface area contributed by atoms with Crippen LogP contribution in [-0.2, 0) is 19.4 Å². The third kappa shape index (κ3) is 5.70. The van der Waals surface area contributed by atoms with E-state index in [4.69, 9.17) is 0 Å². The maximum Gasteiger partial charge on any atom is 0.305 e. The molecular formula is C22H28N4O4S. The average Bonchev–Trinajstić information content (AvgIpc) is 3.14. The number of nitrogens with zero attached hydrogens (tertiary/aromatic N) is 1. The summed E-state index contributed by atoms with van der Waals surface area (Å²) in [6, 6.07) is 11.4. The summed E-state index contributed by atoms with van der Waals surface area (Å²) >= 11 is 0.941. The number of phenolic OH excluding ortho intramolecular Hbond substituents is 1. The molecule has 0 atom stereocenters. The predicted molar refractivity (Wildman–Crippen MR) is 121 cm³/mol. The summed E-state index contributed by atoms with van der Waals surface area (Å²) in [6.45, 7) is 5.43. The zero-order chi connectivity index (χ0) is 21.8. The molecule has 1 aliphatic heterocycles. The number of aromatic amines is 1. The van der Waals surface area contributed by atoms with Gasteiger partial charge in [-0.25, -0.2) is 0 Å². The highest BCUT2D eigenvalue weighted by Gasteiger charge is 2.25. The van der Waals surface area contributed by atoms with Gasteiger partial charge in [0.2, 0.25) is 5.91 Å². The molecule has 2 heterocycles. The van der Waals surface area contributed by atoms with Crippen molar-refractivity contribution in [2.75, 3.05) is 32.7 Å². The lowest BCUT2D eigenvalue weighted by Gasteiger charge is -2.27. The number of piperazine rings is 1. The molecule has 1 aromatic heterocycles. The van der Waals surface area contributed by atoms with Crippen LogP contribution in [0.25, 0.3) is 10.2 Å². The number of aromatic hydroxyl groups is 1. The largest absolute Gasteiger partial charge is 0.506 e. The second-order valence-corrected chi connectivity index (χ2v) is 8.96. The van der Waals surface area contributed by atoms with Gasteiger partial charge in [0.15, 0.2) is 0 Å². The summed E-state index contributed by atoms with van der Waals surface area (Å²) in [6.07, 6.45) is 0.543. The number of rotatable bonds is 8. The summed E-state index contributed by atoms with van der Waals surface area (Å²) in [5, 5.41) is 36.9. The number of hydrogen-bond donors (Lipinski definition) is 6. The topological polar surface area (TPSA) is 121 Å². The number of benzene rings is 2. The lowest BCUT2D eigenvalue weighted by molar-refractivity contribution is -0.183. The van der Waals surface area contributed by atoms with E-state index in [1.54, 1.807) is 6.07 Å². The summed E-state index contributed by atoms with van der Waals surface area (Å²) in [5.74, 6) is -2.16. The summed E-state index contributed by atoms with van der Waals surface area (Å²) in [4.78, 5) is 16.3. The fraction of sp³-hybridized carbons (Fsp3) is 0.409. The van der Waals surface area contributed by atoms with Crippen LogP contribution in [0.1, 0.15) is 16.7 Å². The van der Waals surface area contributed by atoms with E-state index in [9.17, 15) is 20.1 Å². The molecule has 0 bridgehead atoms. The normalized spacial score (nSPS) is 15.5. The van der Waals surface area contributed by atoms with Gasteiger partial charge in [-0.05, 0) is 29.2 Å². The number of phenols is 1. The third-order valence-corrected chi connectivity index (χ3v) is 6.46. The Hall–Kier alpha value is -2.27. The Kier molecular flexibility index (Phi) is 6.71. The number of aromatic nitrogens is 1. The van der Waals surface area contributed by atoms with E-state index < -0.39 is 5.91 Å². The fourth-order valence-corrected chi connectivity index (χ4v) is 4.83. The lowest BCUT2D eigenvalue weighted by atomic mass is 10.1. The van der Waals surface area contributed by atoms with Crippen molar-refractivity contribution in [1.82, 2.24) is 20.5 Å². The van der Waals surface area contributed by atoms with E-state index >= 15 is 0 Å². The van der Waals surface area contributed by atoms with Gasteiger partial charge in [-0.15, -0.1) is 0 Å². The van der Waals surface area contributed by atoms with Gasteiger partial charge >= 0.3 is 4.87 Å². The highest BCUT2D eigenvalue weighted by molar-refractivity contribution is 7.16. The molecular weight excluding hydrogens is 416 g/mol. The van der Waals surface area contributed by atoms with Gasteiger partial charge in [0.1, 0.15) is 11.3 Å². The molecule has 2 aromatic carbocycles. The first kappa shape index (κ1) is 21.9. The molecule has 0 unspecified atom stereocenters. The monoisotopic (exact) mass is 444 g/mol. The number of hydrogen-bond acceptors (Lipinski definition) is 8. The SMILES string of the molecule is O=c1[nH]c2c(O)ccc(CC(O)(O)NCCc3cccc(CN4CCNCC4)c3)c2s1. The Balaban J connectivity index is 1.34. The van der Waals surface area contributed by atoms with Crippen LogP contribution in [0, 0.1) is 0 Å². The van der Waals surface area contributed by atoms with Gasteiger partial charge in [-0.2, -0.15) is 0 Å². The predicted octanol–water partition coefficient (Wildman–Crippen LogP) is 0.714. The molecule has 8 nitrogen and oxygen atoms in total. The molecule has 4 rings (SSSR count). The minimum absolute atomic E-state index is 0.0350. The average molecular weight is 445 g/mol. The van der Waals surface area contributed by atoms with Crippen molar-refractivity contribution in [3.05, 3.63) is 62.8 Å². The third-order valence-electron chi connectivity index (χ3n) is 5.50. The lowest BCUT2D eigenvalue weighted by Crippen LogP contribution is -2.47. The van der Waals surface area contributed by atoms with Crippen LogP contribution < -0.4 is 15.5 Å². The second-order valence-electron chi connectivity index (χ2n) is 7.98. The standard InChI is InChI=1S/C22H28N4O4S/c27-18-5-4-17(20-19(18)25-21(28)31-20)13-22(29,30)24-7-6-15-2-1-3-16(12-15)14-26-10-8-23-9-11-26/h1-5,12,23-24,27,29-30H,6-11,13-14H2,(H,25,28). The van der Waals surface area contributed by atoms with Crippen LogP contribution in [0.15, 0.2) is 41.2 Å². The van der Waals surface area contributed by atoms with Crippen molar-refractivity contribution in [2.24, 2.45) is 0 Å². The minimum atomic E-state index is -2.13. The number of nitrogens with one attached hydrogen (secondary N) is 3. The van der Waals surface area contributed by atoms with Crippen LogP contribution in [0.3, 0.4) is 0 Å². The van der Waals surface area contributed by atoms with E-state index in [1.807, 2.05) is 12.1 Å². The van der Waals surface area contributed by atoms with Crippen LogP contribution >= 0.6 is 11.3 Å². The quantitative estimate of drug-likeness (QED) is 0.283. The number of H-pyrrole nitrogens is 1. The second kappa shape index (κ2) is 9.47. The number of aliphatic hydroxyl groups is 2. The Morgan fingerprint density at radius 3 is 2.71 bits per heavy atom. The first-order valence-electron chi connectivity index (χ1n) is 10.4. The van der Waals surface area contributed by atoms with Gasteiger partial charge < -0.3 is 25.6 Å². The van der Waals surface area contributed by atoms with Crippen molar-refractivity contribution in [1.29, 1.82) is 0 Å². The molecule has 31 heavy (non-hydrogen) atoms. The maximum absolute atomic E-state index is 11.6. The van der Waals surface area contributed by atoms with E-state index in [-0.39, 0.29) is 17.0 Å². The number of fused-ring (bicyclic) bond motifs is 1. The van der Waals surface area contributed by atoms with E-state index in [2.05, 4.69) is 32.7 Å².